The summed E-state index contributed by atoms with van der Waals surface area (Å²) in [5.41, 5.74) is 6.16. The fourth-order valence-electron chi connectivity index (χ4n) is 0.862. The lowest BCUT2D eigenvalue weighted by Gasteiger charge is -1.97. The van der Waals surface area contributed by atoms with Gasteiger partial charge in [-0.05, 0) is 19.0 Å². The van der Waals surface area contributed by atoms with E-state index in [1.54, 1.807) is 6.07 Å². The number of nitrogens with two attached hydrogens (primary N) is 1. The SMILES string of the molecule is NCCC=Cc1cc(Cl)cnc1Cl. The van der Waals surface area contributed by atoms with Crippen LogP contribution in [0.4, 0.5) is 0 Å². The number of hydrogen-bond acceptors (Lipinski definition) is 2. The van der Waals surface area contributed by atoms with Gasteiger partial charge in [0.1, 0.15) is 5.15 Å². The third kappa shape index (κ3) is 3.35. The van der Waals surface area contributed by atoms with Gasteiger partial charge in [-0.15, -0.1) is 0 Å². The smallest absolute Gasteiger partial charge is 0.136 e. The molecule has 0 aromatic carbocycles. The van der Waals surface area contributed by atoms with Gasteiger partial charge >= 0.3 is 0 Å². The number of halogens is 2. The average molecular weight is 217 g/mol. The van der Waals surface area contributed by atoms with Crippen LogP contribution in [0.25, 0.3) is 6.08 Å². The number of nitrogens with zero attached hydrogens (tertiary/aromatic N) is 1. The molecule has 1 heterocycles. The zero-order valence-corrected chi connectivity index (χ0v) is 8.52. The summed E-state index contributed by atoms with van der Waals surface area (Å²) in [4.78, 5) is 3.91. The van der Waals surface area contributed by atoms with Crippen LogP contribution in [0.5, 0.6) is 0 Å². The van der Waals surface area contributed by atoms with Crippen molar-refractivity contribution in [2.24, 2.45) is 5.73 Å². The maximum absolute atomic E-state index is 5.82. The molecule has 0 fully saturated rings. The average Bonchev–Trinajstić information content (AvgIpc) is 2.11. The molecule has 0 bridgehead atoms. The maximum atomic E-state index is 5.82. The van der Waals surface area contributed by atoms with E-state index in [2.05, 4.69) is 4.98 Å². The van der Waals surface area contributed by atoms with Crippen molar-refractivity contribution in [2.75, 3.05) is 6.54 Å². The Labute approximate surface area is 87.4 Å². The molecule has 0 aliphatic carbocycles. The number of pyridine rings is 1. The van der Waals surface area contributed by atoms with Crippen LogP contribution in [0.2, 0.25) is 10.2 Å². The minimum absolute atomic E-state index is 0.456. The Hall–Kier alpha value is -0.570. The van der Waals surface area contributed by atoms with Crippen LogP contribution in [0.15, 0.2) is 18.3 Å². The molecule has 0 radical (unpaired) electrons. The molecule has 0 aliphatic heterocycles. The largest absolute Gasteiger partial charge is 0.330 e. The Balaban J connectivity index is 2.81. The van der Waals surface area contributed by atoms with Gasteiger partial charge in [-0.1, -0.05) is 35.4 Å². The van der Waals surface area contributed by atoms with Crippen molar-refractivity contribution in [2.45, 2.75) is 6.42 Å². The second-order valence-corrected chi connectivity index (χ2v) is 3.31. The molecule has 0 aliphatic rings. The van der Waals surface area contributed by atoms with Crippen LogP contribution < -0.4 is 5.73 Å². The molecule has 0 amide bonds. The molecule has 1 aromatic heterocycles. The Bertz CT molecular complexity index is 310. The van der Waals surface area contributed by atoms with Crippen molar-refractivity contribution < 1.29 is 0 Å². The van der Waals surface area contributed by atoms with E-state index in [1.807, 2.05) is 12.2 Å². The van der Waals surface area contributed by atoms with Crippen LogP contribution in [0.3, 0.4) is 0 Å². The van der Waals surface area contributed by atoms with E-state index in [0.717, 1.165) is 12.0 Å². The van der Waals surface area contributed by atoms with Crippen molar-refractivity contribution >= 4 is 29.3 Å². The van der Waals surface area contributed by atoms with Gasteiger partial charge in [-0.3, -0.25) is 0 Å². The second kappa shape index (κ2) is 5.22. The maximum Gasteiger partial charge on any atom is 0.136 e. The molecule has 1 rings (SSSR count). The lowest BCUT2D eigenvalue weighted by molar-refractivity contribution is 1.01. The quantitative estimate of drug-likeness (QED) is 0.790. The summed E-state index contributed by atoms with van der Waals surface area (Å²) in [5, 5.41) is 1.04. The first-order valence-electron chi connectivity index (χ1n) is 3.91. The normalized spacial score (nSPS) is 11.0. The molecule has 70 valence electrons. The highest BCUT2D eigenvalue weighted by Crippen LogP contribution is 2.18. The molecule has 13 heavy (non-hydrogen) atoms. The van der Waals surface area contributed by atoms with Crippen LogP contribution in [-0.2, 0) is 0 Å². The zero-order chi connectivity index (χ0) is 9.68. The van der Waals surface area contributed by atoms with Gasteiger partial charge in [-0.2, -0.15) is 0 Å². The molecule has 4 heteroatoms. The van der Waals surface area contributed by atoms with Crippen LogP contribution in [0, 0.1) is 0 Å². The standard InChI is InChI=1S/C9H10Cl2N2/c10-8-5-7(3-1-2-4-12)9(11)13-6-8/h1,3,5-6H,2,4,12H2. The van der Waals surface area contributed by atoms with Crippen LogP contribution >= 0.6 is 23.2 Å². The minimum atomic E-state index is 0.456. The summed E-state index contributed by atoms with van der Waals surface area (Å²) >= 11 is 11.6. The number of aromatic nitrogens is 1. The first-order valence-corrected chi connectivity index (χ1v) is 4.67. The summed E-state index contributed by atoms with van der Waals surface area (Å²) in [7, 11) is 0. The van der Waals surface area contributed by atoms with E-state index in [0.29, 0.717) is 16.7 Å². The zero-order valence-electron chi connectivity index (χ0n) is 7.00. The topological polar surface area (TPSA) is 38.9 Å². The number of rotatable bonds is 3. The third-order valence-corrected chi connectivity index (χ3v) is 1.99. The third-order valence-electron chi connectivity index (χ3n) is 1.46. The highest BCUT2D eigenvalue weighted by atomic mass is 35.5. The van der Waals surface area contributed by atoms with Gasteiger partial charge in [-0.25, -0.2) is 4.98 Å². The molecular weight excluding hydrogens is 207 g/mol. The summed E-state index contributed by atoms with van der Waals surface area (Å²) in [5.74, 6) is 0. The molecule has 2 nitrogen and oxygen atoms in total. The van der Waals surface area contributed by atoms with Crippen molar-refractivity contribution in [1.82, 2.24) is 4.98 Å². The van der Waals surface area contributed by atoms with Crippen molar-refractivity contribution in [3.63, 3.8) is 0 Å². The van der Waals surface area contributed by atoms with E-state index in [-0.39, 0.29) is 0 Å². The van der Waals surface area contributed by atoms with Gasteiger partial charge in [0.15, 0.2) is 0 Å². The van der Waals surface area contributed by atoms with Gasteiger partial charge in [0, 0.05) is 11.8 Å². The predicted molar refractivity (Wildman–Crippen MR) is 57.0 cm³/mol. The summed E-state index contributed by atoms with van der Waals surface area (Å²) in [6.45, 7) is 0.627. The lowest BCUT2D eigenvalue weighted by Crippen LogP contribution is -1.95. The second-order valence-electron chi connectivity index (χ2n) is 2.51. The number of hydrogen-bond donors (Lipinski definition) is 1. The van der Waals surface area contributed by atoms with Crippen molar-refractivity contribution in [1.29, 1.82) is 0 Å². The Morgan fingerprint density at radius 1 is 1.46 bits per heavy atom. The first-order chi connectivity index (χ1) is 6.24. The minimum Gasteiger partial charge on any atom is -0.330 e. The Morgan fingerprint density at radius 2 is 2.23 bits per heavy atom. The van der Waals surface area contributed by atoms with E-state index in [1.165, 1.54) is 6.20 Å². The summed E-state index contributed by atoms with van der Waals surface area (Å²) in [6, 6.07) is 1.77. The van der Waals surface area contributed by atoms with Gasteiger partial charge in [0.25, 0.3) is 0 Å². The Morgan fingerprint density at radius 3 is 2.92 bits per heavy atom. The fraction of sp³-hybridized carbons (Fsp3) is 0.222. The van der Waals surface area contributed by atoms with Gasteiger partial charge in [0.05, 0.1) is 5.02 Å². The molecule has 0 spiro atoms. The summed E-state index contributed by atoms with van der Waals surface area (Å²) < 4.78 is 0. The highest BCUT2D eigenvalue weighted by molar-refractivity contribution is 6.33. The van der Waals surface area contributed by atoms with Gasteiger partial charge < -0.3 is 5.73 Å². The fourth-order valence-corrected chi connectivity index (χ4v) is 1.19. The predicted octanol–water partition coefficient (Wildman–Crippen LogP) is 2.75. The highest BCUT2D eigenvalue weighted by Gasteiger charge is 1.97. The van der Waals surface area contributed by atoms with Crippen molar-refractivity contribution in [3.05, 3.63) is 34.1 Å². The van der Waals surface area contributed by atoms with Crippen LogP contribution in [-0.4, -0.2) is 11.5 Å². The molecule has 0 saturated heterocycles. The summed E-state index contributed by atoms with van der Waals surface area (Å²) in [6.07, 6.45) is 6.15. The molecule has 0 atom stereocenters. The van der Waals surface area contributed by atoms with E-state index in [4.69, 9.17) is 28.9 Å². The van der Waals surface area contributed by atoms with E-state index in [9.17, 15) is 0 Å². The molecule has 2 N–H and O–H groups in total. The van der Waals surface area contributed by atoms with Crippen LogP contribution in [0.1, 0.15) is 12.0 Å². The molecule has 1 aromatic rings. The molecule has 0 unspecified atom stereocenters. The molecule has 0 saturated carbocycles. The lowest BCUT2D eigenvalue weighted by atomic mass is 10.2. The first kappa shape index (κ1) is 10.5. The van der Waals surface area contributed by atoms with E-state index >= 15 is 0 Å². The van der Waals surface area contributed by atoms with Crippen molar-refractivity contribution in [3.8, 4) is 0 Å². The van der Waals surface area contributed by atoms with E-state index < -0.39 is 0 Å². The molecular formula is C9H10Cl2N2. The monoisotopic (exact) mass is 216 g/mol. The van der Waals surface area contributed by atoms with Gasteiger partial charge in [0.2, 0.25) is 0 Å². The Kier molecular flexibility index (Phi) is 4.22.